The topological polar surface area (TPSA) is 74.7 Å². The van der Waals surface area contributed by atoms with Crippen LogP contribution in [0.1, 0.15) is 44.9 Å². The Morgan fingerprint density at radius 1 is 1.11 bits per heavy atom. The van der Waals surface area contributed by atoms with Crippen molar-refractivity contribution in [2.75, 3.05) is 0 Å². The normalized spacial score (nSPS) is 37.4. The van der Waals surface area contributed by atoms with Gasteiger partial charge in [0.05, 0.1) is 5.25 Å². The van der Waals surface area contributed by atoms with Crippen LogP contribution >= 0.6 is 0 Å². The van der Waals surface area contributed by atoms with Crippen LogP contribution in [0.15, 0.2) is 0 Å². The molecule has 0 bridgehead atoms. The van der Waals surface area contributed by atoms with E-state index in [9.17, 15) is 18.3 Å². The van der Waals surface area contributed by atoms with E-state index >= 15 is 0 Å². The first-order valence-electron chi connectivity index (χ1n) is 6.77. The number of carbonyl (C=O) groups is 1. The van der Waals surface area contributed by atoms with Crippen molar-refractivity contribution in [2.24, 2.45) is 5.92 Å². The van der Waals surface area contributed by atoms with E-state index in [1.807, 2.05) is 0 Å². The third-order valence-corrected chi connectivity index (χ3v) is 6.98. The second-order valence-electron chi connectivity index (χ2n) is 5.78. The summed E-state index contributed by atoms with van der Waals surface area (Å²) in [6.45, 7) is 0. The summed E-state index contributed by atoms with van der Waals surface area (Å²) >= 11 is 0. The van der Waals surface area contributed by atoms with Crippen molar-refractivity contribution in [3.63, 3.8) is 0 Å². The molecular weight excluding hydrogens is 254 g/mol. The maximum atomic E-state index is 12.4. The highest BCUT2D eigenvalue weighted by atomic mass is 32.2. The van der Waals surface area contributed by atoms with E-state index in [4.69, 9.17) is 0 Å². The van der Waals surface area contributed by atoms with Crippen LogP contribution < -0.4 is 0 Å². The lowest BCUT2D eigenvalue weighted by molar-refractivity contribution is -0.141. The third-order valence-electron chi connectivity index (χ3n) is 4.55. The highest BCUT2D eigenvalue weighted by molar-refractivity contribution is 7.90. The van der Waals surface area contributed by atoms with Gasteiger partial charge in [0, 0.05) is 6.04 Å². The van der Waals surface area contributed by atoms with Gasteiger partial charge in [-0.2, -0.15) is 4.31 Å². The molecule has 5 nitrogen and oxygen atoms in total. The summed E-state index contributed by atoms with van der Waals surface area (Å²) in [4.78, 5) is 11.3. The van der Waals surface area contributed by atoms with Gasteiger partial charge in [-0.1, -0.05) is 12.8 Å². The van der Waals surface area contributed by atoms with E-state index in [-0.39, 0.29) is 17.2 Å². The molecule has 0 aromatic carbocycles. The first-order chi connectivity index (χ1) is 8.51. The van der Waals surface area contributed by atoms with Crippen LogP contribution in [0.2, 0.25) is 0 Å². The molecule has 1 heterocycles. The first-order valence-corrected chi connectivity index (χ1v) is 8.27. The Balaban J connectivity index is 1.94. The fraction of sp³-hybridized carbons (Fsp3) is 0.917. The Morgan fingerprint density at radius 3 is 2.39 bits per heavy atom. The van der Waals surface area contributed by atoms with E-state index in [0.29, 0.717) is 19.3 Å². The van der Waals surface area contributed by atoms with Crippen LogP contribution in [0.5, 0.6) is 0 Å². The molecular formula is C12H19NO4S. The van der Waals surface area contributed by atoms with Crippen LogP contribution in [-0.4, -0.2) is 41.1 Å². The molecule has 0 aromatic rings. The van der Waals surface area contributed by atoms with Gasteiger partial charge in [-0.05, 0) is 38.0 Å². The van der Waals surface area contributed by atoms with Crippen molar-refractivity contribution >= 4 is 16.0 Å². The smallest absolute Gasteiger partial charge is 0.322 e. The van der Waals surface area contributed by atoms with E-state index in [1.165, 1.54) is 4.31 Å². The lowest BCUT2D eigenvalue weighted by Gasteiger charge is -2.32. The Labute approximate surface area is 107 Å². The first kappa shape index (κ1) is 12.4. The average Bonchev–Trinajstić information content (AvgIpc) is 3.09. The van der Waals surface area contributed by atoms with Crippen LogP contribution in [-0.2, 0) is 14.8 Å². The number of rotatable bonds is 3. The Bertz CT molecular complexity index is 457. The number of sulfonamides is 1. The van der Waals surface area contributed by atoms with E-state index in [0.717, 1.165) is 25.7 Å². The van der Waals surface area contributed by atoms with Crippen LogP contribution in [0, 0.1) is 5.92 Å². The number of carboxylic acids is 1. The summed E-state index contributed by atoms with van der Waals surface area (Å²) in [5, 5.41) is 8.98. The van der Waals surface area contributed by atoms with E-state index in [1.54, 1.807) is 0 Å². The molecule has 1 saturated heterocycles. The van der Waals surface area contributed by atoms with Gasteiger partial charge in [-0.3, -0.25) is 4.79 Å². The SMILES string of the molecule is O=C(O)C1CC2CCCCC2N1S(=O)(=O)C1CC1. The van der Waals surface area contributed by atoms with E-state index in [2.05, 4.69) is 0 Å². The Morgan fingerprint density at radius 2 is 1.78 bits per heavy atom. The molecule has 3 rings (SSSR count). The summed E-state index contributed by atoms with van der Waals surface area (Å²) in [5.74, 6) is -0.720. The number of nitrogens with zero attached hydrogens (tertiary/aromatic N) is 1. The average molecular weight is 273 g/mol. The minimum Gasteiger partial charge on any atom is -0.480 e. The molecule has 3 atom stereocenters. The van der Waals surface area contributed by atoms with Crippen molar-refractivity contribution in [1.82, 2.24) is 4.31 Å². The maximum Gasteiger partial charge on any atom is 0.322 e. The van der Waals surface area contributed by atoms with E-state index < -0.39 is 22.0 Å². The summed E-state index contributed by atoms with van der Waals surface area (Å²) < 4.78 is 26.2. The molecule has 2 aliphatic carbocycles. The summed E-state index contributed by atoms with van der Waals surface area (Å²) in [5.41, 5.74) is 0. The second kappa shape index (κ2) is 4.20. The zero-order chi connectivity index (χ0) is 12.9. The van der Waals surface area contributed by atoms with Crippen molar-refractivity contribution in [3.8, 4) is 0 Å². The number of hydrogen-bond acceptors (Lipinski definition) is 3. The second-order valence-corrected chi connectivity index (χ2v) is 7.89. The number of aliphatic carboxylic acids is 1. The lowest BCUT2D eigenvalue weighted by atomic mass is 9.85. The monoisotopic (exact) mass is 273 g/mol. The minimum atomic E-state index is -3.38. The standard InChI is InChI=1S/C12H19NO4S/c14-12(15)11-7-8-3-1-2-4-10(8)13(11)18(16,17)9-5-6-9/h8-11H,1-7H2,(H,14,15). The zero-order valence-corrected chi connectivity index (χ0v) is 11.1. The van der Waals surface area contributed by atoms with Gasteiger partial charge in [-0.15, -0.1) is 0 Å². The number of fused-ring (bicyclic) bond motifs is 1. The van der Waals surface area contributed by atoms with Gasteiger partial charge in [0.25, 0.3) is 0 Å². The van der Waals surface area contributed by atoms with Crippen LogP contribution in [0.25, 0.3) is 0 Å². The molecule has 0 spiro atoms. The fourth-order valence-electron chi connectivity index (χ4n) is 3.53. The maximum absolute atomic E-state index is 12.4. The summed E-state index contributed by atoms with van der Waals surface area (Å²) in [6, 6.07) is -0.867. The number of hydrogen-bond donors (Lipinski definition) is 1. The highest BCUT2D eigenvalue weighted by Gasteiger charge is 2.54. The van der Waals surface area contributed by atoms with Crippen molar-refractivity contribution in [3.05, 3.63) is 0 Å². The minimum absolute atomic E-state index is 0.0505. The lowest BCUT2D eigenvalue weighted by Crippen LogP contribution is -2.47. The van der Waals surface area contributed by atoms with Crippen molar-refractivity contribution in [2.45, 2.75) is 62.3 Å². The molecule has 6 heteroatoms. The predicted molar refractivity (Wildman–Crippen MR) is 65.6 cm³/mol. The molecule has 0 radical (unpaired) electrons. The van der Waals surface area contributed by atoms with Gasteiger partial charge >= 0.3 is 5.97 Å². The Hall–Kier alpha value is -0.620. The predicted octanol–water partition coefficient (Wildman–Crippen LogP) is 1.20. The molecule has 3 aliphatic rings. The summed E-state index contributed by atoms with van der Waals surface area (Å²) in [6.07, 6.45) is 5.83. The van der Waals surface area contributed by atoms with Crippen molar-refractivity contribution in [1.29, 1.82) is 0 Å². The summed E-state index contributed by atoms with van der Waals surface area (Å²) in [7, 11) is -3.38. The fourth-order valence-corrected chi connectivity index (χ4v) is 5.80. The van der Waals surface area contributed by atoms with Gasteiger partial charge in [0.15, 0.2) is 0 Å². The molecule has 3 unspecified atom stereocenters. The van der Waals surface area contributed by atoms with Gasteiger partial charge in [0.2, 0.25) is 10.0 Å². The molecule has 0 amide bonds. The largest absolute Gasteiger partial charge is 0.480 e. The van der Waals surface area contributed by atoms with Crippen LogP contribution in [0.4, 0.5) is 0 Å². The molecule has 18 heavy (non-hydrogen) atoms. The third kappa shape index (κ3) is 1.86. The van der Waals surface area contributed by atoms with Crippen molar-refractivity contribution < 1.29 is 18.3 Å². The van der Waals surface area contributed by atoms with Gasteiger partial charge in [-0.25, -0.2) is 8.42 Å². The Kier molecular flexibility index (Phi) is 2.90. The zero-order valence-electron chi connectivity index (χ0n) is 10.3. The highest BCUT2D eigenvalue weighted by Crippen LogP contribution is 2.44. The molecule has 1 aliphatic heterocycles. The van der Waals surface area contributed by atoms with Gasteiger partial charge < -0.3 is 5.11 Å². The molecule has 1 N–H and O–H groups in total. The molecule has 2 saturated carbocycles. The number of carboxylic acid groups (broad SMARTS) is 1. The van der Waals surface area contributed by atoms with Crippen LogP contribution in [0.3, 0.4) is 0 Å². The van der Waals surface area contributed by atoms with Gasteiger partial charge in [0.1, 0.15) is 6.04 Å². The quantitative estimate of drug-likeness (QED) is 0.838. The molecule has 0 aromatic heterocycles. The molecule has 3 fully saturated rings. The molecule has 102 valence electrons.